The van der Waals surface area contributed by atoms with Crippen LogP contribution >= 0.6 is 11.3 Å². The van der Waals surface area contributed by atoms with Crippen LogP contribution in [0.4, 0.5) is 0 Å². The van der Waals surface area contributed by atoms with Gasteiger partial charge in [-0.3, -0.25) is 4.79 Å². The van der Waals surface area contributed by atoms with Gasteiger partial charge >= 0.3 is 5.97 Å². The lowest BCUT2D eigenvalue weighted by Gasteiger charge is -1.88. The number of thiophene rings is 1. The molecule has 1 N–H and O–H groups in total. The van der Waals surface area contributed by atoms with Crippen LogP contribution in [0, 0.1) is 0 Å². The van der Waals surface area contributed by atoms with E-state index >= 15 is 0 Å². The van der Waals surface area contributed by atoms with Gasteiger partial charge in [-0.15, -0.1) is 11.3 Å². The third-order valence-electron chi connectivity index (χ3n) is 1.45. The van der Waals surface area contributed by atoms with E-state index in [1.54, 1.807) is 12.3 Å². The highest BCUT2D eigenvalue weighted by atomic mass is 32.1. The molecule has 0 atom stereocenters. The van der Waals surface area contributed by atoms with Crippen molar-refractivity contribution in [1.82, 2.24) is 0 Å². The number of carboxylic acid groups (broad SMARTS) is 1. The summed E-state index contributed by atoms with van der Waals surface area (Å²) >= 11 is 1.08. The number of aromatic carboxylic acids is 1. The minimum Gasteiger partial charge on any atom is -0.477 e. The normalized spacial score (nSPS) is 9.75. The Morgan fingerprint density at radius 2 is 2.25 bits per heavy atom. The molecule has 64 valence electrons. The van der Waals surface area contributed by atoms with Crippen molar-refractivity contribution < 1.29 is 14.7 Å². The predicted molar refractivity (Wildman–Crippen MR) is 45.9 cm³/mol. The molecule has 1 aromatic heterocycles. The standard InChI is InChI=1S/C8H8O3S/c1-2-6(9)5-3-7(8(10)11)12-4-5/h3-4H,2H2,1H3,(H,10,11). The molecule has 0 radical (unpaired) electrons. The molecule has 0 unspecified atom stereocenters. The first-order valence-corrected chi connectivity index (χ1v) is 4.38. The molecule has 1 aromatic rings. The molecule has 0 bridgehead atoms. The third-order valence-corrected chi connectivity index (χ3v) is 2.37. The van der Waals surface area contributed by atoms with E-state index in [-0.39, 0.29) is 10.7 Å². The van der Waals surface area contributed by atoms with E-state index in [1.807, 2.05) is 0 Å². The lowest BCUT2D eigenvalue weighted by Crippen LogP contribution is -1.95. The molecule has 0 spiro atoms. The van der Waals surface area contributed by atoms with Gasteiger partial charge < -0.3 is 5.11 Å². The van der Waals surface area contributed by atoms with Crippen molar-refractivity contribution >= 4 is 23.1 Å². The molecule has 3 nitrogen and oxygen atoms in total. The van der Waals surface area contributed by atoms with Crippen molar-refractivity contribution in [2.45, 2.75) is 13.3 Å². The highest BCUT2D eigenvalue weighted by Crippen LogP contribution is 2.15. The largest absolute Gasteiger partial charge is 0.477 e. The van der Waals surface area contributed by atoms with E-state index in [0.717, 1.165) is 11.3 Å². The van der Waals surface area contributed by atoms with Gasteiger partial charge in [0.25, 0.3) is 0 Å². The smallest absolute Gasteiger partial charge is 0.345 e. The molecule has 0 saturated carbocycles. The van der Waals surface area contributed by atoms with Crippen LogP contribution in [0.1, 0.15) is 33.4 Å². The van der Waals surface area contributed by atoms with Crippen molar-refractivity contribution in [3.05, 3.63) is 21.9 Å². The van der Waals surface area contributed by atoms with Crippen molar-refractivity contribution in [1.29, 1.82) is 0 Å². The van der Waals surface area contributed by atoms with Gasteiger partial charge in [0.05, 0.1) is 0 Å². The monoisotopic (exact) mass is 184 g/mol. The summed E-state index contributed by atoms with van der Waals surface area (Å²) in [4.78, 5) is 21.7. The first kappa shape index (κ1) is 8.93. The number of Topliss-reactive ketones (excluding diaryl/α,β-unsaturated/α-hetero) is 1. The Morgan fingerprint density at radius 1 is 1.58 bits per heavy atom. The Bertz CT molecular complexity index is 314. The van der Waals surface area contributed by atoms with E-state index in [9.17, 15) is 9.59 Å². The Hall–Kier alpha value is -1.16. The van der Waals surface area contributed by atoms with Gasteiger partial charge in [0.1, 0.15) is 4.88 Å². The van der Waals surface area contributed by atoms with Crippen LogP contribution < -0.4 is 0 Å². The molecule has 1 rings (SSSR count). The molecule has 0 saturated heterocycles. The highest BCUT2D eigenvalue weighted by Gasteiger charge is 2.10. The van der Waals surface area contributed by atoms with Gasteiger partial charge in [-0.1, -0.05) is 6.92 Å². The van der Waals surface area contributed by atoms with Crippen LogP contribution in [0.3, 0.4) is 0 Å². The summed E-state index contributed by atoms with van der Waals surface area (Å²) in [6.45, 7) is 1.75. The van der Waals surface area contributed by atoms with E-state index in [1.165, 1.54) is 6.07 Å². The van der Waals surface area contributed by atoms with Crippen LogP contribution in [-0.2, 0) is 0 Å². The number of carbonyl (C=O) groups is 2. The Balaban J connectivity index is 2.91. The average molecular weight is 184 g/mol. The molecule has 0 aliphatic carbocycles. The summed E-state index contributed by atoms with van der Waals surface area (Å²) in [5.74, 6) is -0.992. The summed E-state index contributed by atoms with van der Waals surface area (Å²) in [6, 6.07) is 1.42. The molecule has 0 amide bonds. The second-order valence-corrected chi connectivity index (χ2v) is 3.19. The number of ketones is 1. The second kappa shape index (κ2) is 3.49. The Morgan fingerprint density at radius 3 is 2.67 bits per heavy atom. The van der Waals surface area contributed by atoms with Gasteiger partial charge in [0.15, 0.2) is 5.78 Å². The maximum atomic E-state index is 11.1. The van der Waals surface area contributed by atoms with Crippen LogP contribution in [0.2, 0.25) is 0 Å². The molecule has 1 heterocycles. The van der Waals surface area contributed by atoms with Crippen molar-refractivity contribution in [2.24, 2.45) is 0 Å². The second-order valence-electron chi connectivity index (χ2n) is 2.28. The number of carbonyl (C=O) groups excluding carboxylic acids is 1. The molecule has 12 heavy (non-hydrogen) atoms. The molecule has 0 aliphatic rings. The summed E-state index contributed by atoms with van der Waals surface area (Å²) in [7, 11) is 0. The van der Waals surface area contributed by atoms with Gasteiger partial charge in [0.2, 0.25) is 0 Å². The van der Waals surface area contributed by atoms with Gasteiger partial charge in [0, 0.05) is 17.4 Å². The van der Waals surface area contributed by atoms with Crippen LogP contribution in [0.25, 0.3) is 0 Å². The van der Waals surface area contributed by atoms with E-state index in [4.69, 9.17) is 5.11 Å². The lowest BCUT2D eigenvalue weighted by molar-refractivity contribution is 0.0702. The Labute approximate surface area is 73.6 Å². The molecule has 4 heteroatoms. The molecule has 0 aliphatic heterocycles. The van der Waals surface area contributed by atoms with Crippen molar-refractivity contribution in [3.8, 4) is 0 Å². The number of hydrogen-bond acceptors (Lipinski definition) is 3. The average Bonchev–Trinajstić information content (AvgIpc) is 2.51. The zero-order chi connectivity index (χ0) is 9.14. The molecule has 0 aromatic carbocycles. The van der Waals surface area contributed by atoms with Crippen molar-refractivity contribution in [2.75, 3.05) is 0 Å². The zero-order valence-corrected chi connectivity index (χ0v) is 7.35. The van der Waals surface area contributed by atoms with E-state index in [0.29, 0.717) is 12.0 Å². The predicted octanol–water partition coefficient (Wildman–Crippen LogP) is 2.04. The fraction of sp³-hybridized carbons (Fsp3) is 0.250. The third kappa shape index (κ3) is 1.71. The summed E-state index contributed by atoms with van der Waals surface area (Å²) in [5.41, 5.74) is 0.500. The number of carboxylic acids is 1. The lowest BCUT2D eigenvalue weighted by atomic mass is 10.2. The topological polar surface area (TPSA) is 54.4 Å². The summed E-state index contributed by atoms with van der Waals surface area (Å²) < 4.78 is 0. The summed E-state index contributed by atoms with van der Waals surface area (Å²) in [6.07, 6.45) is 0.412. The van der Waals surface area contributed by atoms with E-state index < -0.39 is 5.97 Å². The maximum absolute atomic E-state index is 11.1. The molecule has 0 fully saturated rings. The van der Waals surface area contributed by atoms with Crippen LogP contribution in [-0.4, -0.2) is 16.9 Å². The first-order valence-electron chi connectivity index (χ1n) is 3.50. The molecular formula is C8H8O3S. The minimum absolute atomic E-state index is 0.0150. The van der Waals surface area contributed by atoms with Crippen LogP contribution in [0.15, 0.2) is 11.4 Å². The van der Waals surface area contributed by atoms with Gasteiger partial charge in [-0.25, -0.2) is 4.79 Å². The van der Waals surface area contributed by atoms with Crippen molar-refractivity contribution in [3.63, 3.8) is 0 Å². The number of rotatable bonds is 3. The number of hydrogen-bond donors (Lipinski definition) is 1. The Kier molecular flexibility index (Phi) is 2.60. The quantitative estimate of drug-likeness (QED) is 0.731. The fourth-order valence-corrected chi connectivity index (χ4v) is 1.55. The SMILES string of the molecule is CCC(=O)c1csc(C(=O)O)c1. The molecular weight excluding hydrogens is 176 g/mol. The zero-order valence-electron chi connectivity index (χ0n) is 6.53. The fourth-order valence-electron chi connectivity index (χ4n) is 0.799. The van der Waals surface area contributed by atoms with E-state index in [2.05, 4.69) is 0 Å². The van der Waals surface area contributed by atoms with Crippen LogP contribution in [0.5, 0.6) is 0 Å². The first-order chi connectivity index (χ1) is 5.65. The highest BCUT2D eigenvalue weighted by molar-refractivity contribution is 7.12. The maximum Gasteiger partial charge on any atom is 0.345 e. The van der Waals surface area contributed by atoms with Gasteiger partial charge in [-0.2, -0.15) is 0 Å². The minimum atomic E-state index is -0.977. The van der Waals surface area contributed by atoms with Gasteiger partial charge in [-0.05, 0) is 6.07 Å². The summed E-state index contributed by atoms with van der Waals surface area (Å²) in [5, 5.41) is 10.1.